The minimum absolute atomic E-state index is 0.379. The molecule has 0 saturated heterocycles. The molecule has 0 aromatic heterocycles. The number of hydrogen-bond acceptors (Lipinski definition) is 2. The highest BCUT2D eigenvalue weighted by Crippen LogP contribution is 2.23. The van der Waals surface area contributed by atoms with Crippen molar-refractivity contribution in [2.24, 2.45) is 0 Å². The lowest BCUT2D eigenvalue weighted by Crippen LogP contribution is -2.31. The number of halogens is 2. The zero-order chi connectivity index (χ0) is 12.7. The van der Waals surface area contributed by atoms with E-state index in [1.54, 1.807) is 0 Å². The minimum atomic E-state index is -0.525. The first-order valence-corrected chi connectivity index (χ1v) is 6.97. The van der Waals surface area contributed by atoms with E-state index >= 15 is 0 Å². The lowest BCUT2D eigenvalue weighted by atomic mass is 10.2. The van der Waals surface area contributed by atoms with Crippen LogP contribution in [0.4, 0.5) is 8.78 Å². The molecule has 1 N–H and O–H groups in total. The molecule has 0 spiro atoms. The summed E-state index contributed by atoms with van der Waals surface area (Å²) in [5.41, 5.74) is 0. The standard InChI is InChI=1S/C13H19F2NS/c1-3-7-16-11(4-2)9-17-13-6-5-10(14)8-12(13)15/h5-6,8,11,16H,3-4,7,9H2,1-2H3. The zero-order valence-corrected chi connectivity index (χ0v) is 11.1. The van der Waals surface area contributed by atoms with Gasteiger partial charge in [-0.3, -0.25) is 0 Å². The molecule has 0 aliphatic carbocycles. The third-order valence-electron chi connectivity index (χ3n) is 2.51. The first-order chi connectivity index (χ1) is 8.17. The topological polar surface area (TPSA) is 12.0 Å². The Balaban J connectivity index is 2.47. The third kappa shape index (κ3) is 5.04. The van der Waals surface area contributed by atoms with Crippen LogP contribution in [0.2, 0.25) is 0 Å². The number of thioether (sulfide) groups is 1. The molecular formula is C13H19F2NS. The highest BCUT2D eigenvalue weighted by atomic mass is 32.2. The van der Waals surface area contributed by atoms with Gasteiger partial charge in [0.1, 0.15) is 11.6 Å². The van der Waals surface area contributed by atoms with Gasteiger partial charge in [-0.2, -0.15) is 0 Å². The fraction of sp³-hybridized carbons (Fsp3) is 0.538. The fourth-order valence-electron chi connectivity index (χ4n) is 1.45. The van der Waals surface area contributed by atoms with Crippen LogP contribution in [-0.2, 0) is 0 Å². The SMILES string of the molecule is CCCNC(CC)CSc1ccc(F)cc1F. The molecule has 17 heavy (non-hydrogen) atoms. The fourth-order valence-corrected chi connectivity index (χ4v) is 2.55. The van der Waals surface area contributed by atoms with Gasteiger partial charge in [-0.25, -0.2) is 8.78 Å². The summed E-state index contributed by atoms with van der Waals surface area (Å²) in [4.78, 5) is 0.517. The van der Waals surface area contributed by atoms with Crippen LogP contribution >= 0.6 is 11.8 Å². The summed E-state index contributed by atoms with van der Waals surface area (Å²) in [6.45, 7) is 5.20. The van der Waals surface area contributed by atoms with E-state index in [2.05, 4.69) is 19.2 Å². The smallest absolute Gasteiger partial charge is 0.139 e. The van der Waals surface area contributed by atoms with Crippen LogP contribution in [0.3, 0.4) is 0 Å². The Morgan fingerprint density at radius 1 is 1.29 bits per heavy atom. The highest BCUT2D eigenvalue weighted by molar-refractivity contribution is 7.99. The molecule has 0 fully saturated rings. The molecule has 1 aromatic carbocycles. The van der Waals surface area contributed by atoms with Crippen LogP contribution in [-0.4, -0.2) is 18.3 Å². The Kier molecular flexibility index (Phi) is 6.52. The molecule has 0 amide bonds. The Bertz CT molecular complexity index is 344. The molecular weight excluding hydrogens is 240 g/mol. The summed E-state index contributed by atoms with van der Waals surface area (Å²) in [6.07, 6.45) is 2.10. The van der Waals surface area contributed by atoms with Crippen LogP contribution in [0.15, 0.2) is 23.1 Å². The van der Waals surface area contributed by atoms with E-state index in [0.717, 1.165) is 31.2 Å². The second kappa shape index (κ2) is 7.67. The summed E-state index contributed by atoms with van der Waals surface area (Å²) >= 11 is 1.43. The maximum absolute atomic E-state index is 13.4. The van der Waals surface area contributed by atoms with Gasteiger partial charge in [-0.15, -0.1) is 11.8 Å². The van der Waals surface area contributed by atoms with E-state index in [4.69, 9.17) is 0 Å². The molecule has 4 heteroatoms. The van der Waals surface area contributed by atoms with Crippen molar-refractivity contribution in [3.8, 4) is 0 Å². The molecule has 0 bridgehead atoms. The average molecular weight is 259 g/mol. The predicted molar refractivity (Wildman–Crippen MR) is 69.5 cm³/mol. The number of hydrogen-bond donors (Lipinski definition) is 1. The maximum atomic E-state index is 13.4. The van der Waals surface area contributed by atoms with Gasteiger partial charge in [0.15, 0.2) is 0 Å². The number of benzene rings is 1. The summed E-state index contributed by atoms with van der Waals surface area (Å²) in [6, 6.07) is 4.11. The average Bonchev–Trinajstić information content (AvgIpc) is 2.31. The van der Waals surface area contributed by atoms with Crippen LogP contribution in [0, 0.1) is 11.6 Å². The first kappa shape index (κ1) is 14.5. The number of rotatable bonds is 7. The van der Waals surface area contributed by atoms with Crippen LogP contribution in [0.25, 0.3) is 0 Å². The zero-order valence-electron chi connectivity index (χ0n) is 10.3. The Labute approximate surface area is 106 Å². The van der Waals surface area contributed by atoms with Crippen molar-refractivity contribution in [1.29, 1.82) is 0 Å². The second-order valence-corrected chi connectivity index (χ2v) is 5.01. The van der Waals surface area contributed by atoms with Gasteiger partial charge < -0.3 is 5.32 Å². The predicted octanol–water partition coefficient (Wildman–Crippen LogP) is 3.84. The third-order valence-corrected chi connectivity index (χ3v) is 3.72. The maximum Gasteiger partial charge on any atom is 0.139 e. The van der Waals surface area contributed by atoms with Gasteiger partial charge in [0, 0.05) is 22.8 Å². The largest absolute Gasteiger partial charge is 0.313 e. The van der Waals surface area contributed by atoms with E-state index in [1.165, 1.54) is 23.9 Å². The van der Waals surface area contributed by atoms with Crippen molar-refractivity contribution in [3.05, 3.63) is 29.8 Å². The van der Waals surface area contributed by atoms with Gasteiger partial charge >= 0.3 is 0 Å². The van der Waals surface area contributed by atoms with E-state index in [-0.39, 0.29) is 0 Å². The highest BCUT2D eigenvalue weighted by Gasteiger charge is 2.09. The van der Waals surface area contributed by atoms with E-state index in [9.17, 15) is 8.78 Å². The number of nitrogens with one attached hydrogen (secondary N) is 1. The molecule has 1 unspecified atom stereocenters. The molecule has 0 heterocycles. The molecule has 0 saturated carbocycles. The lowest BCUT2D eigenvalue weighted by molar-refractivity contribution is 0.538. The van der Waals surface area contributed by atoms with Crippen molar-refractivity contribution < 1.29 is 8.78 Å². The van der Waals surface area contributed by atoms with Gasteiger partial charge in [-0.05, 0) is 31.5 Å². The molecule has 1 atom stereocenters. The molecule has 0 aliphatic rings. The van der Waals surface area contributed by atoms with Crippen molar-refractivity contribution in [3.63, 3.8) is 0 Å². The Hall–Kier alpha value is -0.610. The molecule has 1 aromatic rings. The molecule has 96 valence electrons. The summed E-state index contributed by atoms with van der Waals surface area (Å²) in [5, 5.41) is 3.40. The summed E-state index contributed by atoms with van der Waals surface area (Å²) in [5.74, 6) is -0.192. The van der Waals surface area contributed by atoms with Crippen LogP contribution in [0.1, 0.15) is 26.7 Å². The van der Waals surface area contributed by atoms with Crippen LogP contribution in [0.5, 0.6) is 0 Å². The van der Waals surface area contributed by atoms with E-state index in [0.29, 0.717) is 10.9 Å². The lowest BCUT2D eigenvalue weighted by Gasteiger charge is -2.16. The van der Waals surface area contributed by atoms with Crippen molar-refractivity contribution in [2.75, 3.05) is 12.3 Å². The van der Waals surface area contributed by atoms with Crippen molar-refractivity contribution >= 4 is 11.8 Å². The first-order valence-electron chi connectivity index (χ1n) is 5.98. The molecule has 1 rings (SSSR count). The van der Waals surface area contributed by atoms with E-state index in [1.807, 2.05) is 0 Å². The van der Waals surface area contributed by atoms with E-state index < -0.39 is 11.6 Å². The van der Waals surface area contributed by atoms with Crippen LogP contribution < -0.4 is 5.32 Å². The quantitative estimate of drug-likeness (QED) is 0.747. The van der Waals surface area contributed by atoms with Gasteiger partial charge in [0.25, 0.3) is 0 Å². The van der Waals surface area contributed by atoms with Gasteiger partial charge in [-0.1, -0.05) is 13.8 Å². The Morgan fingerprint density at radius 2 is 2.06 bits per heavy atom. The molecule has 1 nitrogen and oxygen atoms in total. The summed E-state index contributed by atoms with van der Waals surface area (Å²) in [7, 11) is 0. The molecule has 0 radical (unpaired) electrons. The second-order valence-electron chi connectivity index (χ2n) is 3.95. The van der Waals surface area contributed by atoms with Crippen molar-refractivity contribution in [1.82, 2.24) is 5.32 Å². The minimum Gasteiger partial charge on any atom is -0.313 e. The monoisotopic (exact) mass is 259 g/mol. The van der Waals surface area contributed by atoms with Crippen molar-refractivity contribution in [2.45, 2.75) is 37.6 Å². The summed E-state index contributed by atoms with van der Waals surface area (Å²) < 4.78 is 26.1. The molecule has 0 aliphatic heterocycles. The van der Waals surface area contributed by atoms with Gasteiger partial charge in [0.05, 0.1) is 0 Å². The van der Waals surface area contributed by atoms with Gasteiger partial charge in [0.2, 0.25) is 0 Å². The normalized spacial score (nSPS) is 12.7. The Morgan fingerprint density at radius 3 is 2.65 bits per heavy atom.